The molecule has 0 spiro atoms. The van der Waals surface area contributed by atoms with Crippen molar-refractivity contribution >= 4 is 6.09 Å². The Morgan fingerprint density at radius 3 is 2.78 bits per heavy atom. The van der Waals surface area contributed by atoms with E-state index in [1.165, 1.54) is 0 Å². The number of alkyl carbamates (subject to hydrolysis) is 1. The van der Waals surface area contributed by atoms with Gasteiger partial charge in [0, 0.05) is 12.4 Å². The third-order valence-corrected chi connectivity index (χ3v) is 2.15. The molecule has 0 aromatic carbocycles. The fourth-order valence-electron chi connectivity index (χ4n) is 1.44. The quantitative estimate of drug-likeness (QED) is 0.852. The van der Waals surface area contributed by atoms with Crippen LogP contribution in [-0.2, 0) is 11.2 Å². The molecule has 0 fully saturated rings. The lowest BCUT2D eigenvalue weighted by Gasteiger charge is -2.22. The predicted octanol–water partition coefficient (Wildman–Crippen LogP) is 1.51. The van der Waals surface area contributed by atoms with Crippen molar-refractivity contribution in [2.24, 2.45) is 0 Å². The summed E-state index contributed by atoms with van der Waals surface area (Å²) in [6.07, 6.45) is 3.38. The number of rotatable bonds is 4. The Kier molecular flexibility index (Phi) is 5.09. The number of ether oxygens (including phenoxy) is 1. The number of amides is 1. The molecule has 1 aromatic rings. The first-order valence-corrected chi connectivity index (χ1v) is 5.90. The van der Waals surface area contributed by atoms with Crippen LogP contribution in [-0.4, -0.2) is 34.4 Å². The number of aromatic nitrogens is 1. The molecule has 1 atom stereocenters. The number of hydrogen-bond donors (Lipinski definition) is 2. The number of pyridine rings is 1. The largest absolute Gasteiger partial charge is 0.444 e. The fourth-order valence-corrected chi connectivity index (χ4v) is 1.44. The molecule has 18 heavy (non-hydrogen) atoms. The fraction of sp³-hybridized carbons (Fsp3) is 0.538. The van der Waals surface area contributed by atoms with Crippen LogP contribution in [0, 0.1) is 0 Å². The van der Waals surface area contributed by atoms with Gasteiger partial charge in [-0.1, -0.05) is 6.07 Å². The highest BCUT2D eigenvalue weighted by molar-refractivity contribution is 5.68. The number of carbonyl (C=O) groups is 1. The van der Waals surface area contributed by atoms with Gasteiger partial charge in [0.25, 0.3) is 0 Å². The second kappa shape index (κ2) is 6.35. The zero-order chi connectivity index (χ0) is 13.6. The topological polar surface area (TPSA) is 71.5 Å². The van der Waals surface area contributed by atoms with Crippen LogP contribution in [0.4, 0.5) is 4.79 Å². The van der Waals surface area contributed by atoms with Crippen LogP contribution in [0.15, 0.2) is 24.5 Å². The lowest BCUT2D eigenvalue weighted by Crippen LogP contribution is -2.42. The van der Waals surface area contributed by atoms with Crippen LogP contribution in [0.3, 0.4) is 0 Å². The maximum atomic E-state index is 11.6. The van der Waals surface area contributed by atoms with Crippen LogP contribution >= 0.6 is 0 Å². The molecule has 100 valence electrons. The van der Waals surface area contributed by atoms with E-state index >= 15 is 0 Å². The Hall–Kier alpha value is -1.62. The first kappa shape index (κ1) is 14.4. The summed E-state index contributed by atoms with van der Waals surface area (Å²) < 4.78 is 5.13. The van der Waals surface area contributed by atoms with Gasteiger partial charge < -0.3 is 15.2 Å². The van der Waals surface area contributed by atoms with Crippen LogP contribution in [0.25, 0.3) is 0 Å². The highest BCUT2D eigenvalue weighted by Gasteiger charge is 2.19. The maximum absolute atomic E-state index is 11.6. The molecule has 1 amide bonds. The molecule has 0 radical (unpaired) electrons. The Balaban J connectivity index is 2.50. The van der Waals surface area contributed by atoms with Crippen molar-refractivity contribution in [1.82, 2.24) is 10.3 Å². The van der Waals surface area contributed by atoms with Gasteiger partial charge in [0.05, 0.1) is 12.6 Å². The summed E-state index contributed by atoms with van der Waals surface area (Å²) in [5.74, 6) is 0. The monoisotopic (exact) mass is 252 g/mol. The SMILES string of the molecule is CC(C)(C)OC(=O)N[C@@H](CO)Cc1cccnc1. The van der Waals surface area contributed by atoms with E-state index in [-0.39, 0.29) is 12.6 Å². The second-order valence-corrected chi connectivity index (χ2v) is 5.09. The van der Waals surface area contributed by atoms with Crippen molar-refractivity contribution in [3.05, 3.63) is 30.1 Å². The number of hydrogen-bond acceptors (Lipinski definition) is 4. The lowest BCUT2D eigenvalue weighted by atomic mass is 10.1. The van der Waals surface area contributed by atoms with Crippen molar-refractivity contribution in [2.75, 3.05) is 6.61 Å². The average Bonchev–Trinajstić information content (AvgIpc) is 2.27. The molecule has 1 heterocycles. The Morgan fingerprint density at radius 2 is 2.28 bits per heavy atom. The molecule has 0 saturated heterocycles. The van der Waals surface area contributed by atoms with Gasteiger partial charge in [0.1, 0.15) is 5.60 Å². The third-order valence-electron chi connectivity index (χ3n) is 2.15. The van der Waals surface area contributed by atoms with Gasteiger partial charge in [-0.15, -0.1) is 0 Å². The highest BCUT2D eigenvalue weighted by atomic mass is 16.6. The van der Waals surface area contributed by atoms with Crippen molar-refractivity contribution in [1.29, 1.82) is 0 Å². The molecule has 5 heteroatoms. The van der Waals surface area contributed by atoms with E-state index < -0.39 is 11.7 Å². The summed E-state index contributed by atoms with van der Waals surface area (Å²) in [6.45, 7) is 5.24. The molecule has 0 aliphatic heterocycles. The zero-order valence-electron chi connectivity index (χ0n) is 11.0. The molecule has 0 bridgehead atoms. The summed E-state index contributed by atoms with van der Waals surface area (Å²) in [7, 11) is 0. The number of aliphatic hydroxyl groups is 1. The van der Waals surface area contributed by atoms with E-state index in [0.717, 1.165) is 5.56 Å². The van der Waals surface area contributed by atoms with Crippen molar-refractivity contribution in [3.8, 4) is 0 Å². The summed E-state index contributed by atoms with van der Waals surface area (Å²) in [5.41, 5.74) is 0.408. The van der Waals surface area contributed by atoms with Gasteiger partial charge >= 0.3 is 6.09 Å². The van der Waals surface area contributed by atoms with E-state index in [9.17, 15) is 9.90 Å². The van der Waals surface area contributed by atoms with E-state index in [2.05, 4.69) is 10.3 Å². The standard InChI is InChI=1S/C13H20N2O3/c1-13(2,3)18-12(17)15-11(9-16)7-10-5-4-6-14-8-10/h4-6,8,11,16H,7,9H2,1-3H3,(H,15,17)/t11-/m1/s1. The van der Waals surface area contributed by atoms with Gasteiger partial charge in [-0.2, -0.15) is 0 Å². The van der Waals surface area contributed by atoms with Gasteiger partial charge in [0.15, 0.2) is 0 Å². The minimum absolute atomic E-state index is 0.145. The molecule has 2 N–H and O–H groups in total. The average molecular weight is 252 g/mol. The zero-order valence-corrected chi connectivity index (χ0v) is 11.0. The van der Waals surface area contributed by atoms with Crippen molar-refractivity contribution in [3.63, 3.8) is 0 Å². The summed E-state index contributed by atoms with van der Waals surface area (Å²) >= 11 is 0. The number of nitrogens with one attached hydrogen (secondary N) is 1. The molecule has 5 nitrogen and oxygen atoms in total. The Bertz CT molecular complexity index is 374. The van der Waals surface area contributed by atoms with E-state index in [1.807, 2.05) is 12.1 Å². The van der Waals surface area contributed by atoms with Gasteiger partial charge in [-0.05, 0) is 38.8 Å². The van der Waals surface area contributed by atoms with E-state index in [0.29, 0.717) is 6.42 Å². The Morgan fingerprint density at radius 1 is 1.56 bits per heavy atom. The molecule has 1 aromatic heterocycles. The summed E-state index contributed by atoms with van der Waals surface area (Å²) in [5, 5.41) is 11.9. The Labute approximate surface area is 107 Å². The molecular formula is C13H20N2O3. The van der Waals surface area contributed by atoms with Gasteiger partial charge in [0.2, 0.25) is 0 Å². The lowest BCUT2D eigenvalue weighted by molar-refractivity contribution is 0.0483. The number of carbonyl (C=O) groups excluding carboxylic acids is 1. The maximum Gasteiger partial charge on any atom is 0.407 e. The van der Waals surface area contributed by atoms with Gasteiger partial charge in [-0.3, -0.25) is 4.98 Å². The molecule has 1 rings (SSSR count). The highest BCUT2D eigenvalue weighted by Crippen LogP contribution is 2.07. The predicted molar refractivity (Wildman–Crippen MR) is 68.2 cm³/mol. The number of nitrogens with zero attached hydrogens (tertiary/aromatic N) is 1. The van der Waals surface area contributed by atoms with Crippen LogP contribution < -0.4 is 5.32 Å². The van der Waals surface area contributed by atoms with E-state index in [1.54, 1.807) is 33.2 Å². The van der Waals surface area contributed by atoms with Crippen LogP contribution in [0.1, 0.15) is 26.3 Å². The second-order valence-electron chi connectivity index (χ2n) is 5.09. The molecule has 0 saturated carbocycles. The summed E-state index contributed by atoms with van der Waals surface area (Å²) in [6, 6.07) is 3.34. The van der Waals surface area contributed by atoms with Gasteiger partial charge in [-0.25, -0.2) is 4.79 Å². The number of aliphatic hydroxyl groups excluding tert-OH is 1. The molecular weight excluding hydrogens is 232 g/mol. The molecule has 0 aliphatic rings. The molecule has 0 unspecified atom stereocenters. The minimum atomic E-state index is -0.543. The normalized spacial score (nSPS) is 12.9. The van der Waals surface area contributed by atoms with Crippen molar-refractivity contribution < 1.29 is 14.6 Å². The smallest absolute Gasteiger partial charge is 0.407 e. The van der Waals surface area contributed by atoms with Crippen molar-refractivity contribution in [2.45, 2.75) is 38.8 Å². The third kappa shape index (κ3) is 5.63. The summed E-state index contributed by atoms with van der Waals surface area (Å²) in [4.78, 5) is 15.5. The first-order valence-electron chi connectivity index (χ1n) is 5.90. The van der Waals surface area contributed by atoms with E-state index in [4.69, 9.17) is 4.74 Å². The molecule has 0 aliphatic carbocycles. The van der Waals surface area contributed by atoms with Crippen LogP contribution in [0.2, 0.25) is 0 Å². The van der Waals surface area contributed by atoms with Crippen LogP contribution in [0.5, 0.6) is 0 Å². The minimum Gasteiger partial charge on any atom is -0.444 e. The first-order chi connectivity index (χ1) is 8.40.